The summed E-state index contributed by atoms with van der Waals surface area (Å²) < 4.78 is 5.51. The highest BCUT2D eigenvalue weighted by Crippen LogP contribution is 2.30. The molecule has 0 spiro atoms. The zero-order valence-corrected chi connectivity index (χ0v) is 14.6. The van der Waals surface area contributed by atoms with E-state index in [0.29, 0.717) is 21.4 Å². The van der Waals surface area contributed by atoms with Crippen molar-refractivity contribution in [1.29, 1.82) is 0 Å². The smallest absolute Gasteiger partial charge is 0.338 e. The topological polar surface area (TPSA) is 50.4 Å². The Hall–Kier alpha value is -1.59. The van der Waals surface area contributed by atoms with E-state index in [4.69, 9.17) is 28.6 Å². The average molecular weight is 339 g/mol. The van der Waals surface area contributed by atoms with Crippen LogP contribution in [0.1, 0.15) is 39.3 Å². The normalized spacial score (nSPS) is 18.6. The summed E-state index contributed by atoms with van der Waals surface area (Å²) in [4.78, 5) is 12.6. The second-order valence-corrected chi connectivity index (χ2v) is 6.97. The van der Waals surface area contributed by atoms with E-state index in [1.807, 2.05) is 45.9 Å². The molecule has 2 rings (SSSR count). The Bertz CT molecular complexity index is 650. The fraction of sp³-hybridized carbons (Fsp3) is 0.375. The van der Waals surface area contributed by atoms with Crippen LogP contribution in [0.15, 0.2) is 35.5 Å². The largest absolute Gasteiger partial charge is 0.456 e. The third-order valence-electron chi connectivity index (χ3n) is 3.07. The van der Waals surface area contributed by atoms with Gasteiger partial charge in [0, 0.05) is 10.7 Å². The molecule has 1 aromatic rings. The van der Waals surface area contributed by atoms with Gasteiger partial charge in [-0.1, -0.05) is 23.7 Å². The van der Waals surface area contributed by atoms with Crippen molar-refractivity contribution in [2.24, 2.45) is 0 Å². The lowest BCUT2D eigenvalue weighted by atomic mass is 9.95. The zero-order chi connectivity index (χ0) is 16.5. The van der Waals surface area contributed by atoms with E-state index >= 15 is 0 Å². The van der Waals surface area contributed by atoms with Crippen molar-refractivity contribution in [3.05, 3.63) is 46.1 Å². The minimum absolute atomic E-state index is 0.377. The maximum Gasteiger partial charge on any atom is 0.338 e. The zero-order valence-electron chi connectivity index (χ0n) is 13.0. The van der Waals surface area contributed by atoms with E-state index in [-0.39, 0.29) is 12.0 Å². The first kappa shape index (κ1) is 16.8. The van der Waals surface area contributed by atoms with Gasteiger partial charge in [0.2, 0.25) is 0 Å². The quantitative estimate of drug-likeness (QED) is 0.638. The van der Waals surface area contributed by atoms with Crippen molar-refractivity contribution in [3.8, 4) is 0 Å². The highest BCUT2D eigenvalue weighted by molar-refractivity contribution is 7.80. The van der Waals surface area contributed by atoms with Crippen molar-refractivity contribution in [2.45, 2.75) is 39.3 Å². The number of thiocarbonyl (C=S) groups is 1. The number of esters is 1. The van der Waals surface area contributed by atoms with Crippen molar-refractivity contribution in [1.82, 2.24) is 10.6 Å². The Kier molecular flexibility index (Phi) is 4.78. The van der Waals surface area contributed by atoms with Gasteiger partial charge < -0.3 is 15.4 Å². The van der Waals surface area contributed by atoms with Crippen LogP contribution in [0.3, 0.4) is 0 Å². The summed E-state index contributed by atoms with van der Waals surface area (Å²) in [5.41, 5.74) is 1.48. The number of nitrogens with one attached hydrogen (secondary N) is 2. The average Bonchev–Trinajstić information content (AvgIpc) is 2.35. The first-order valence-corrected chi connectivity index (χ1v) is 7.73. The monoisotopic (exact) mass is 338 g/mol. The third-order valence-corrected chi connectivity index (χ3v) is 3.52. The molecule has 1 aromatic carbocycles. The molecular formula is C16H19ClN2O2S. The number of benzene rings is 1. The number of rotatable bonds is 2. The summed E-state index contributed by atoms with van der Waals surface area (Å²) in [6.45, 7) is 7.32. The van der Waals surface area contributed by atoms with Gasteiger partial charge in [-0.3, -0.25) is 0 Å². The molecule has 4 nitrogen and oxygen atoms in total. The number of allylic oxidation sites excluding steroid dienone is 1. The lowest BCUT2D eigenvalue weighted by Crippen LogP contribution is -2.45. The summed E-state index contributed by atoms with van der Waals surface area (Å²) in [6, 6.07) is 6.95. The van der Waals surface area contributed by atoms with Gasteiger partial charge in [0.05, 0.1) is 11.6 Å². The minimum atomic E-state index is -0.568. The second-order valence-electron chi connectivity index (χ2n) is 6.13. The van der Waals surface area contributed by atoms with Gasteiger partial charge in [0.1, 0.15) is 5.60 Å². The lowest BCUT2D eigenvalue weighted by Gasteiger charge is -2.31. The van der Waals surface area contributed by atoms with Crippen LogP contribution in [0, 0.1) is 0 Å². The van der Waals surface area contributed by atoms with Gasteiger partial charge in [0.25, 0.3) is 0 Å². The predicted octanol–water partition coefficient (Wildman–Crippen LogP) is 3.47. The van der Waals surface area contributed by atoms with Crippen LogP contribution >= 0.6 is 23.8 Å². The van der Waals surface area contributed by atoms with E-state index in [1.54, 1.807) is 6.07 Å². The van der Waals surface area contributed by atoms with Crippen molar-refractivity contribution < 1.29 is 9.53 Å². The SMILES string of the molecule is CC1=C(C(=O)OC(C)(C)C)[C@H](c2cccc(Cl)c2)NC(=S)N1. The van der Waals surface area contributed by atoms with E-state index < -0.39 is 5.60 Å². The van der Waals surface area contributed by atoms with Crippen molar-refractivity contribution in [2.75, 3.05) is 0 Å². The van der Waals surface area contributed by atoms with Gasteiger partial charge in [-0.05, 0) is 57.6 Å². The Morgan fingerprint density at radius 2 is 2.05 bits per heavy atom. The summed E-state index contributed by atoms with van der Waals surface area (Å²) in [7, 11) is 0. The van der Waals surface area contributed by atoms with E-state index in [0.717, 1.165) is 5.56 Å². The number of carbonyl (C=O) groups excluding carboxylic acids is 1. The van der Waals surface area contributed by atoms with E-state index in [1.165, 1.54) is 0 Å². The molecular weight excluding hydrogens is 320 g/mol. The first-order chi connectivity index (χ1) is 10.2. The molecule has 2 N–H and O–H groups in total. The third kappa shape index (κ3) is 3.99. The Labute approximate surface area is 140 Å². The molecule has 1 heterocycles. The van der Waals surface area contributed by atoms with Crippen LogP contribution in [0.2, 0.25) is 5.02 Å². The van der Waals surface area contributed by atoms with Crippen LogP contribution in [0.25, 0.3) is 0 Å². The Balaban J connectivity index is 2.43. The van der Waals surface area contributed by atoms with Gasteiger partial charge in [-0.2, -0.15) is 0 Å². The number of hydrogen-bond donors (Lipinski definition) is 2. The Morgan fingerprint density at radius 3 is 2.64 bits per heavy atom. The summed E-state index contributed by atoms with van der Waals surface area (Å²) in [5, 5.41) is 7.16. The molecule has 0 saturated heterocycles. The fourth-order valence-electron chi connectivity index (χ4n) is 2.23. The molecule has 0 radical (unpaired) electrons. The van der Waals surface area contributed by atoms with Crippen LogP contribution in [-0.2, 0) is 9.53 Å². The number of hydrogen-bond acceptors (Lipinski definition) is 3. The highest BCUT2D eigenvalue weighted by atomic mass is 35.5. The van der Waals surface area contributed by atoms with E-state index in [2.05, 4.69) is 10.6 Å². The van der Waals surface area contributed by atoms with Gasteiger partial charge >= 0.3 is 5.97 Å². The lowest BCUT2D eigenvalue weighted by molar-refractivity contribution is -0.150. The highest BCUT2D eigenvalue weighted by Gasteiger charge is 2.32. The first-order valence-electron chi connectivity index (χ1n) is 6.94. The molecule has 22 heavy (non-hydrogen) atoms. The van der Waals surface area contributed by atoms with Crippen LogP contribution < -0.4 is 10.6 Å². The number of halogens is 1. The van der Waals surface area contributed by atoms with Crippen LogP contribution in [0.5, 0.6) is 0 Å². The molecule has 0 amide bonds. The molecule has 1 aliphatic heterocycles. The van der Waals surface area contributed by atoms with Gasteiger partial charge in [-0.15, -0.1) is 0 Å². The molecule has 0 saturated carbocycles. The van der Waals surface area contributed by atoms with Gasteiger partial charge in [0.15, 0.2) is 5.11 Å². The molecule has 0 bridgehead atoms. The predicted molar refractivity (Wildman–Crippen MR) is 91.6 cm³/mol. The van der Waals surface area contributed by atoms with Crippen LogP contribution in [0.4, 0.5) is 0 Å². The van der Waals surface area contributed by atoms with E-state index in [9.17, 15) is 4.79 Å². The molecule has 1 atom stereocenters. The fourth-order valence-corrected chi connectivity index (χ4v) is 2.70. The maximum atomic E-state index is 12.6. The molecule has 0 fully saturated rings. The Morgan fingerprint density at radius 1 is 1.36 bits per heavy atom. The van der Waals surface area contributed by atoms with Crippen LogP contribution in [-0.4, -0.2) is 16.7 Å². The standard InChI is InChI=1S/C16H19ClN2O2S/c1-9-12(14(20)21-16(2,3)4)13(19-15(22)18-9)10-6-5-7-11(17)8-10/h5-8,13H,1-4H3,(H2,18,19,22)/t13-/m0/s1. The number of carbonyl (C=O) groups is 1. The van der Waals surface area contributed by atoms with Crippen molar-refractivity contribution >= 4 is 34.9 Å². The summed E-state index contributed by atoms with van der Waals surface area (Å²) in [6.07, 6.45) is 0. The minimum Gasteiger partial charge on any atom is -0.456 e. The molecule has 0 aromatic heterocycles. The number of ether oxygens (including phenoxy) is 1. The summed E-state index contributed by atoms with van der Waals surface area (Å²) >= 11 is 11.3. The molecule has 6 heteroatoms. The molecule has 118 valence electrons. The molecule has 0 aliphatic carbocycles. The summed E-state index contributed by atoms with van der Waals surface area (Å²) in [5.74, 6) is -0.377. The second kappa shape index (κ2) is 6.26. The maximum absolute atomic E-state index is 12.6. The van der Waals surface area contributed by atoms with Gasteiger partial charge in [-0.25, -0.2) is 4.79 Å². The molecule has 0 unspecified atom stereocenters. The van der Waals surface area contributed by atoms with Crippen molar-refractivity contribution in [3.63, 3.8) is 0 Å². The molecule has 1 aliphatic rings.